The molecule has 2 aliphatic heterocycles. The number of aryl methyl sites for hydroxylation is 1. The van der Waals surface area contributed by atoms with Crippen molar-refractivity contribution in [3.05, 3.63) is 83.2 Å². The number of nitrogens with one attached hydrogen (secondary N) is 2. The minimum absolute atomic E-state index is 0.0334. The van der Waals surface area contributed by atoms with Crippen molar-refractivity contribution in [2.24, 2.45) is 5.92 Å². The molecule has 3 aromatic rings. The molecule has 188 valence electrons. The Morgan fingerprint density at radius 1 is 1.19 bits per heavy atom. The van der Waals surface area contributed by atoms with Crippen LogP contribution in [0.15, 0.2) is 60.6 Å². The summed E-state index contributed by atoms with van der Waals surface area (Å²) in [6, 6.07) is 15.8. The van der Waals surface area contributed by atoms with Gasteiger partial charge in [0.1, 0.15) is 12.0 Å². The lowest BCUT2D eigenvalue weighted by Gasteiger charge is -2.25. The van der Waals surface area contributed by atoms with Crippen molar-refractivity contribution in [1.29, 1.82) is 0 Å². The monoisotopic (exact) mass is 490 g/mol. The molecule has 0 aliphatic carbocycles. The number of ether oxygens (including phenoxy) is 3. The molecule has 2 atom stereocenters. The first-order valence-electron chi connectivity index (χ1n) is 12.3. The number of aromatic nitrogens is 3. The zero-order valence-electron chi connectivity index (χ0n) is 20.0. The van der Waals surface area contributed by atoms with Gasteiger partial charge in [0.05, 0.1) is 29.6 Å². The number of rotatable bonds is 11. The van der Waals surface area contributed by atoms with Crippen LogP contribution in [0, 0.1) is 5.92 Å². The molecule has 0 saturated heterocycles. The van der Waals surface area contributed by atoms with Gasteiger partial charge in [-0.15, -0.1) is 5.10 Å². The van der Waals surface area contributed by atoms with Crippen LogP contribution in [0.2, 0.25) is 0 Å². The van der Waals surface area contributed by atoms with E-state index in [1.54, 1.807) is 6.26 Å². The topological polar surface area (TPSA) is 119 Å². The molecule has 0 saturated carbocycles. The lowest BCUT2D eigenvalue weighted by atomic mass is 9.81. The number of hydrogen-bond acceptors (Lipinski definition) is 7. The molecule has 0 bridgehead atoms. The number of carboxylic acid groups (broad SMARTS) is 1. The summed E-state index contributed by atoms with van der Waals surface area (Å²) < 4.78 is 16.9. The highest BCUT2D eigenvalue weighted by Crippen LogP contribution is 2.38. The minimum Gasteiger partial charge on any atom is -0.481 e. The number of nitrogens with zero attached hydrogens (tertiary/aromatic N) is 2. The third kappa shape index (κ3) is 5.79. The van der Waals surface area contributed by atoms with Crippen molar-refractivity contribution in [2.45, 2.75) is 38.0 Å². The van der Waals surface area contributed by atoms with Crippen molar-refractivity contribution < 1.29 is 24.1 Å². The van der Waals surface area contributed by atoms with Crippen LogP contribution in [-0.4, -0.2) is 46.2 Å². The quantitative estimate of drug-likeness (QED) is 0.368. The Hall–Kier alpha value is -4.01. The zero-order chi connectivity index (χ0) is 24.7. The Morgan fingerprint density at radius 3 is 2.89 bits per heavy atom. The second-order valence-corrected chi connectivity index (χ2v) is 9.06. The first-order valence-corrected chi connectivity index (χ1v) is 12.3. The molecular formula is C27H30N4O5. The molecule has 2 aliphatic rings. The lowest BCUT2D eigenvalue weighted by molar-refractivity contribution is -0.138. The smallest absolute Gasteiger partial charge is 0.303 e. The molecule has 0 spiro atoms. The number of carboxylic acids is 1. The fourth-order valence-electron chi connectivity index (χ4n) is 4.83. The molecule has 0 fully saturated rings. The summed E-state index contributed by atoms with van der Waals surface area (Å²) in [6.07, 6.45) is 4.83. The Bertz CT molecular complexity index is 1210. The number of fused-ring (bicyclic) bond motifs is 1. The Labute approximate surface area is 209 Å². The van der Waals surface area contributed by atoms with Crippen molar-refractivity contribution in [3.8, 4) is 5.88 Å². The summed E-state index contributed by atoms with van der Waals surface area (Å²) in [6.45, 7) is 1.53. The molecule has 5 rings (SSSR count). The maximum absolute atomic E-state index is 11.8. The van der Waals surface area contributed by atoms with Gasteiger partial charge in [0.25, 0.3) is 0 Å². The molecule has 0 radical (unpaired) electrons. The Kier molecular flexibility index (Phi) is 7.35. The Balaban J connectivity index is 1.29. The van der Waals surface area contributed by atoms with Crippen molar-refractivity contribution >= 4 is 11.7 Å². The first kappa shape index (κ1) is 23.7. The van der Waals surface area contributed by atoms with Crippen LogP contribution < -0.4 is 10.1 Å². The number of aliphatic carboxylic acids is 1. The summed E-state index contributed by atoms with van der Waals surface area (Å²) in [5, 5.41) is 20.4. The normalized spacial score (nSPS) is 16.1. The number of aromatic amines is 1. The predicted molar refractivity (Wildman–Crippen MR) is 133 cm³/mol. The van der Waals surface area contributed by atoms with Crippen molar-refractivity contribution in [3.63, 3.8) is 0 Å². The molecule has 2 aromatic heterocycles. The van der Waals surface area contributed by atoms with Gasteiger partial charge in [-0.2, -0.15) is 0 Å². The third-order valence-corrected chi connectivity index (χ3v) is 6.50. The number of allylic oxidation sites excluding steroid dienone is 1. The predicted octanol–water partition coefficient (Wildman–Crippen LogP) is 4.05. The van der Waals surface area contributed by atoms with E-state index in [1.165, 1.54) is 0 Å². The number of anilines is 1. The van der Waals surface area contributed by atoms with E-state index in [0.717, 1.165) is 47.7 Å². The second kappa shape index (κ2) is 11.2. The van der Waals surface area contributed by atoms with Gasteiger partial charge in [-0.3, -0.25) is 14.9 Å². The fraction of sp³-hybridized carbons (Fsp3) is 0.370. The first-order chi connectivity index (χ1) is 17.7. The van der Waals surface area contributed by atoms with E-state index in [0.29, 0.717) is 31.1 Å². The van der Waals surface area contributed by atoms with Crippen molar-refractivity contribution in [2.75, 3.05) is 25.3 Å². The van der Waals surface area contributed by atoms with Gasteiger partial charge >= 0.3 is 5.97 Å². The highest BCUT2D eigenvalue weighted by molar-refractivity contribution is 5.67. The molecule has 4 heterocycles. The van der Waals surface area contributed by atoms with E-state index in [1.807, 2.05) is 42.5 Å². The highest BCUT2D eigenvalue weighted by Gasteiger charge is 2.34. The summed E-state index contributed by atoms with van der Waals surface area (Å²) >= 11 is 0. The standard InChI is InChI=1S/C27H30N4O5/c32-26(33)14-19(13-18-5-2-1-3-6-18)27(24-16-34-17-36-24)23-15-25(31-30-23)35-12-10-20-8-9-21-22(29-20)7-4-11-28-21/h1-3,5-6,8-9,15-16,19,27-28H,4,7,10-14,17H2,(H,30,31)(H,32,33). The maximum Gasteiger partial charge on any atom is 0.303 e. The van der Waals surface area contributed by atoms with Gasteiger partial charge in [-0.25, -0.2) is 0 Å². The zero-order valence-corrected chi connectivity index (χ0v) is 20.0. The number of pyridine rings is 1. The molecule has 1 aromatic carbocycles. The lowest BCUT2D eigenvalue weighted by Crippen LogP contribution is -2.22. The maximum atomic E-state index is 11.8. The van der Waals surface area contributed by atoms with Crippen LogP contribution in [0.1, 0.15) is 41.4 Å². The van der Waals surface area contributed by atoms with Gasteiger partial charge in [-0.05, 0) is 42.9 Å². The number of carbonyl (C=O) groups is 1. The number of benzene rings is 1. The summed E-state index contributed by atoms with van der Waals surface area (Å²) in [5.41, 5.74) is 4.99. The summed E-state index contributed by atoms with van der Waals surface area (Å²) in [4.78, 5) is 16.5. The highest BCUT2D eigenvalue weighted by atomic mass is 16.7. The van der Waals surface area contributed by atoms with E-state index >= 15 is 0 Å². The van der Waals surface area contributed by atoms with Crippen LogP contribution >= 0.6 is 0 Å². The summed E-state index contributed by atoms with van der Waals surface area (Å²) in [5.74, 6) is -0.491. The van der Waals surface area contributed by atoms with Gasteiger partial charge in [-0.1, -0.05) is 30.3 Å². The van der Waals surface area contributed by atoms with Crippen LogP contribution in [0.25, 0.3) is 0 Å². The fourth-order valence-corrected chi connectivity index (χ4v) is 4.83. The van der Waals surface area contributed by atoms with E-state index in [9.17, 15) is 9.90 Å². The van der Waals surface area contributed by atoms with Crippen LogP contribution in [0.3, 0.4) is 0 Å². The average molecular weight is 491 g/mol. The molecular weight excluding hydrogens is 460 g/mol. The number of hydrogen-bond donors (Lipinski definition) is 3. The Morgan fingerprint density at radius 2 is 2.08 bits per heavy atom. The SMILES string of the molecule is O=C(O)CC(Cc1ccccc1)C(C1=COCO1)c1cc(OCCc2ccc3c(n2)CCCN3)n[nH]1. The molecule has 9 nitrogen and oxygen atoms in total. The molecule has 9 heteroatoms. The molecule has 2 unspecified atom stereocenters. The van der Waals surface area contributed by atoms with E-state index < -0.39 is 5.97 Å². The molecule has 3 N–H and O–H groups in total. The van der Waals surface area contributed by atoms with Gasteiger partial charge in [0.2, 0.25) is 12.7 Å². The van der Waals surface area contributed by atoms with Gasteiger partial charge < -0.3 is 24.6 Å². The minimum atomic E-state index is -0.871. The van der Waals surface area contributed by atoms with Crippen LogP contribution in [0.5, 0.6) is 5.88 Å². The van der Waals surface area contributed by atoms with E-state index in [-0.39, 0.29) is 25.0 Å². The van der Waals surface area contributed by atoms with E-state index in [2.05, 4.69) is 21.6 Å². The van der Waals surface area contributed by atoms with Crippen LogP contribution in [0.4, 0.5) is 5.69 Å². The molecule has 0 amide bonds. The van der Waals surface area contributed by atoms with E-state index in [4.69, 9.17) is 19.2 Å². The largest absolute Gasteiger partial charge is 0.481 e. The van der Waals surface area contributed by atoms with Crippen molar-refractivity contribution in [1.82, 2.24) is 15.2 Å². The van der Waals surface area contributed by atoms with Gasteiger partial charge in [0.15, 0.2) is 0 Å². The molecule has 36 heavy (non-hydrogen) atoms. The number of H-pyrrole nitrogens is 1. The van der Waals surface area contributed by atoms with Gasteiger partial charge in [0, 0.05) is 31.1 Å². The second-order valence-electron chi connectivity index (χ2n) is 9.06. The summed E-state index contributed by atoms with van der Waals surface area (Å²) in [7, 11) is 0. The average Bonchev–Trinajstić information content (AvgIpc) is 3.58. The van der Waals surface area contributed by atoms with Crippen LogP contribution in [-0.2, 0) is 33.5 Å². The third-order valence-electron chi connectivity index (χ3n) is 6.50.